The molecule has 112 valence electrons. The summed E-state index contributed by atoms with van der Waals surface area (Å²) in [7, 11) is 0. The zero-order chi connectivity index (χ0) is 16.3. The molecule has 0 aliphatic carbocycles. The highest BCUT2D eigenvalue weighted by Crippen LogP contribution is 2.21. The fourth-order valence-electron chi connectivity index (χ4n) is 1.85. The summed E-state index contributed by atoms with van der Waals surface area (Å²) in [6.45, 7) is 1.57. The number of benzene rings is 2. The number of amides is 1. The minimum Gasteiger partial charge on any atom is -0.322 e. The molecule has 0 aliphatic heterocycles. The van der Waals surface area contributed by atoms with Crippen molar-refractivity contribution in [3.05, 3.63) is 73.8 Å². The van der Waals surface area contributed by atoms with Gasteiger partial charge in [0.05, 0.1) is 9.85 Å². The average Bonchev–Trinajstić information content (AvgIpc) is 2.47. The molecular formula is C14H11N3O5. The van der Waals surface area contributed by atoms with Gasteiger partial charge in [0.1, 0.15) is 0 Å². The molecule has 2 rings (SSSR count). The Balaban J connectivity index is 2.26. The zero-order valence-electron chi connectivity index (χ0n) is 11.5. The van der Waals surface area contributed by atoms with E-state index in [-0.39, 0.29) is 22.6 Å². The average molecular weight is 301 g/mol. The second-order valence-electron chi connectivity index (χ2n) is 4.52. The third-order valence-electron chi connectivity index (χ3n) is 2.98. The Morgan fingerprint density at radius 2 is 1.77 bits per heavy atom. The summed E-state index contributed by atoms with van der Waals surface area (Å²) in [5, 5.41) is 24.0. The molecule has 0 bridgehead atoms. The van der Waals surface area contributed by atoms with Crippen LogP contribution in [0.4, 0.5) is 17.1 Å². The van der Waals surface area contributed by atoms with Gasteiger partial charge in [-0.1, -0.05) is 12.1 Å². The van der Waals surface area contributed by atoms with E-state index >= 15 is 0 Å². The monoisotopic (exact) mass is 301 g/mol. The van der Waals surface area contributed by atoms with Crippen LogP contribution in [0.2, 0.25) is 0 Å². The van der Waals surface area contributed by atoms with Crippen molar-refractivity contribution in [3.63, 3.8) is 0 Å². The first-order valence-electron chi connectivity index (χ1n) is 6.19. The first kappa shape index (κ1) is 15.1. The quantitative estimate of drug-likeness (QED) is 0.688. The van der Waals surface area contributed by atoms with Crippen molar-refractivity contribution in [2.24, 2.45) is 0 Å². The Labute approximate surface area is 124 Å². The van der Waals surface area contributed by atoms with E-state index in [1.807, 2.05) is 0 Å². The van der Waals surface area contributed by atoms with Crippen molar-refractivity contribution in [3.8, 4) is 0 Å². The maximum atomic E-state index is 12.1. The predicted molar refractivity (Wildman–Crippen MR) is 78.9 cm³/mol. The molecule has 0 spiro atoms. The van der Waals surface area contributed by atoms with Gasteiger partial charge in [-0.15, -0.1) is 0 Å². The van der Waals surface area contributed by atoms with Gasteiger partial charge in [0.15, 0.2) is 0 Å². The van der Waals surface area contributed by atoms with Crippen molar-refractivity contribution in [1.29, 1.82) is 0 Å². The Kier molecular flexibility index (Phi) is 4.12. The molecule has 0 radical (unpaired) electrons. The molecule has 2 aromatic carbocycles. The second kappa shape index (κ2) is 6.00. The van der Waals surface area contributed by atoms with Gasteiger partial charge in [-0.2, -0.15) is 0 Å². The Hall–Kier alpha value is -3.29. The maximum Gasteiger partial charge on any atom is 0.273 e. The van der Waals surface area contributed by atoms with Crippen LogP contribution in [0.1, 0.15) is 15.9 Å². The highest BCUT2D eigenvalue weighted by atomic mass is 16.6. The normalized spacial score (nSPS) is 10.0. The van der Waals surface area contributed by atoms with Gasteiger partial charge in [0.25, 0.3) is 17.3 Å². The number of carbonyl (C=O) groups excluding carboxylic acids is 1. The molecule has 0 saturated carbocycles. The molecule has 0 unspecified atom stereocenters. The van der Waals surface area contributed by atoms with Gasteiger partial charge in [-0.05, 0) is 19.1 Å². The minimum atomic E-state index is -0.580. The van der Waals surface area contributed by atoms with Gasteiger partial charge in [0.2, 0.25) is 0 Å². The van der Waals surface area contributed by atoms with Crippen LogP contribution in [0.3, 0.4) is 0 Å². The summed E-state index contributed by atoms with van der Waals surface area (Å²) < 4.78 is 0. The first-order chi connectivity index (χ1) is 10.4. The fourth-order valence-corrected chi connectivity index (χ4v) is 1.85. The number of carbonyl (C=O) groups is 1. The zero-order valence-corrected chi connectivity index (χ0v) is 11.5. The molecule has 0 aliphatic rings. The largest absolute Gasteiger partial charge is 0.322 e. The molecule has 8 heteroatoms. The Morgan fingerprint density at radius 1 is 1.05 bits per heavy atom. The van der Waals surface area contributed by atoms with Crippen LogP contribution in [0.5, 0.6) is 0 Å². The second-order valence-corrected chi connectivity index (χ2v) is 4.52. The number of nitro groups is 2. The smallest absolute Gasteiger partial charge is 0.273 e. The van der Waals surface area contributed by atoms with Gasteiger partial charge in [-0.25, -0.2) is 0 Å². The minimum absolute atomic E-state index is 0.101. The third-order valence-corrected chi connectivity index (χ3v) is 2.98. The van der Waals surface area contributed by atoms with E-state index in [4.69, 9.17) is 0 Å². The van der Waals surface area contributed by atoms with Gasteiger partial charge in [-0.3, -0.25) is 25.0 Å². The number of aryl methyl sites for hydroxylation is 1. The number of anilines is 1. The lowest BCUT2D eigenvalue weighted by Crippen LogP contribution is -2.12. The molecule has 8 nitrogen and oxygen atoms in total. The number of hydrogen-bond donors (Lipinski definition) is 1. The van der Waals surface area contributed by atoms with Gasteiger partial charge in [0, 0.05) is 35.0 Å². The highest BCUT2D eigenvalue weighted by Gasteiger charge is 2.15. The van der Waals surface area contributed by atoms with Crippen LogP contribution in [0.15, 0.2) is 42.5 Å². The molecule has 1 amide bonds. The number of hydrogen-bond acceptors (Lipinski definition) is 5. The van der Waals surface area contributed by atoms with Crippen molar-refractivity contribution in [2.45, 2.75) is 6.92 Å². The number of nitrogens with zero attached hydrogens (tertiary/aromatic N) is 2. The maximum absolute atomic E-state index is 12.1. The fraction of sp³-hybridized carbons (Fsp3) is 0.0714. The van der Waals surface area contributed by atoms with Crippen molar-refractivity contribution < 1.29 is 14.6 Å². The van der Waals surface area contributed by atoms with E-state index in [9.17, 15) is 25.0 Å². The van der Waals surface area contributed by atoms with Crippen LogP contribution >= 0.6 is 0 Å². The molecule has 1 N–H and O–H groups in total. The summed E-state index contributed by atoms with van der Waals surface area (Å²) >= 11 is 0. The highest BCUT2D eigenvalue weighted by molar-refractivity contribution is 6.04. The molecule has 2 aromatic rings. The topological polar surface area (TPSA) is 115 Å². The van der Waals surface area contributed by atoms with Crippen molar-refractivity contribution in [1.82, 2.24) is 0 Å². The molecule has 0 saturated heterocycles. The van der Waals surface area contributed by atoms with Gasteiger partial charge < -0.3 is 5.32 Å². The molecule has 22 heavy (non-hydrogen) atoms. The number of rotatable bonds is 4. The lowest BCUT2D eigenvalue weighted by atomic mass is 10.1. The van der Waals surface area contributed by atoms with Crippen LogP contribution in [-0.2, 0) is 0 Å². The van der Waals surface area contributed by atoms with E-state index in [0.29, 0.717) is 5.56 Å². The van der Waals surface area contributed by atoms with Gasteiger partial charge >= 0.3 is 0 Å². The standard InChI is InChI=1S/C14H11N3O5/c1-9-5-6-10(7-13(9)17(21)22)14(18)15-11-3-2-4-12(8-11)16(19)20/h2-8H,1H3,(H,15,18). The molecular weight excluding hydrogens is 290 g/mol. The van der Waals surface area contributed by atoms with Crippen LogP contribution < -0.4 is 5.32 Å². The van der Waals surface area contributed by atoms with Crippen LogP contribution in [-0.4, -0.2) is 15.8 Å². The lowest BCUT2D eigenvalue weighted by Gasteiger charge is -2.06. The molecule has 0 atom stereocenters. The van der Waals surface area contributed by atoms with E-state index in [1.165, 1.54) is 42.5 Å². The number of non-ortho nitro benzene ring substituents is 1. The summed E-state index contributed by atoms with van der Waals surface area (Å²) in [5.74, 6) is -0.580. The number of nitrogens with one attached hydrogen (secondary N) is 1. The van der Waals surface area contributed by atoms with Crippen molar-refractivity contribution >= 4 is 23.0 Å². The number of nitro benzene ring substituents is 2. The lowest BCUT2D eigenvalue weighted by molar-refractivity contribution is -0.385. The van der Waals surface area contributed by atoms with Crippen LogP contribution in [0, 0.1) is 27.2 Å². The Morgan fingerprint density at radius 3 is 2.41 bits per heavy atom. The van der Waals surface area contributed by atoms with Crippen molar-refractivity contribution in [2.75, 3.05) is 5.32 Å². The van der Waals surface area contributed by atoms with Crippen LogP contribution in [0.25, 0.3) is 0 Å². The first-order valence-corrected chi connectivity index (χ1v) is 6.19. The molecule has 0 fully saturated rings. The molecule has 0 heterocycles. The van der Waals surface area contributed by atoms with E-state index in [0.717, 1.165) is 0 Å². The summed E-state index contributed by atoms with van der Waals surface area (Å²) in [4.78, 5) is 32.5. The van der Waals surface area contributed by atoms with E-state index < -0.39 is 15.8 Å². The van der Waals surface area contributed by atoms with E-state index in [1.54, 1.807) is 6.92 Å². The third kappa shape index (κ3) is 3.23. The Bertz CT molecular complexity index is 773. The summed E-state index contributed by atoms with van der Waals surface area (Å²) in [5.41, 5.74) is 0.461. The SMILES string of the molecule is Cc1ccc(C(=O)Nc2cccc([N+](=O)[O-])c2)cc1[N+](=O)[O-]. The predicted octanol–water partition coefficient (Wildman–Crippen LogP) is 3.06. The van der Waals surface area contributed by atoms with E-state index in [2.05, 4.69) is 5.32 Å². The summed E-state index contributed by atoms with van der Waals surface area (Å²) in [6, 6.07) is 9.53. The molecule has 0 aromatic heterocycles. The summed E-state index contributed by atoms with van der Waals surface area (Å²) in [6.07, 6.45) is 0.